The van der Waals surface area contributed by atoms with Gasteiger partial charge >= 0.3 is 0 Å². The molecule has 0 saturated carbocycles. The Morgan fingerprint density at radius 1 is 0.375 bits per heavy atom. The van der Waals surface area contributed by atoms with Gasteiger partial charge in [-0.2, -0.15) is 0 Å². The molecule has 5 aromatic carbocycles. The third kappa shape index (κ3) is 5.14. The molecule has 0 aliphatic heterocycles. The molecule has 0 aliphatic carbocycles. The average molecular weight is 544 g/mol. The predicted octanol–water partition coefficient (Wildman–Crippen LogP) is 9.09. The molecular formula is C30H24Br2. The van der Waals surface area contributed by atoms with Gasteiger partial charge in [-0.15, -0.1) is 0 Å². The van der Waals surface area contributed by atoms with E-state index < -0.39 is 0 Å². The lowest BCUT2D eigenvalue weighted by Gasteiger charge is -2.08. The fraction of sp³-hybridized carbons (Fsp3) is 0.133. The van der Waals surface area contributed by atoms with E-state index in [0.717, 1.165) is 34.6 Å². The van der Waals surface area contributed by atoms with Crippen molar-refractivity contribution in [2.75, 3.05) is 0 Å². The first-order chi connectivity index (χ1) is 15.6. The molecule has 0 spiro atoms. The standard InChI is InChI=1S/C30H24Br2/c31-29-14-12-25-17-23(8-10-27(25)19-29)6-4-21-2-1-3-22(16-21)5-7-24-9-11-28-20-30(32)15-13-26(28)18-24/h1-3,8-20H,4-7H2. The van der Waals surface area contributed by atoms with E-state index in [1.807, 2.05) is 0 Å². The van der Waals surface area contributed by atoms with Gasteiger partial charge < -0.3 is 0 Å². The largest absolute Gasteiger partial charge is 0.0617 e. The van der Waals surface area contributed by atoms with Crippen molar-refractivity contribution in [1.29, 1.82) is 0 Å². The number of rotatable bonds is 6. The molecule has 0 saturated heterocycles. The van der Waals surface area contributed by atoms with Crippen LogP contribution in [0.3, 0.4) is 0 Å². The summed E-state index contributed by atoms with van der Waals surface area (Å²) in [5.74, 6) is 0. The van der Waals surface area contributed by atoms with Gasteiger partial charge in [-0.1, -0.05) is 105 Å². The van der Waals surface area contributed by atoms with E-state index in [1.165, 1.54) is 43.8 Å². The van der Waals surface area contributed by atoms with E-state index in [0.29, 0.717) is 0 Å². The number of fused-ring (bicyclic) bond motifs is 2. The topological polar surface area (TPSA) is 0 Å². The Labute approximate surface area is 206 Å². The molecule has 0 heterocycles. The predicted molar refractivity (Wildman–Crippen MR) is 145 cm³/mol. The molecule has 158 valence electrons. The first kappa shape index (κ1) is 21.4. The zero-order valence-electron chi connectivity index (χ0n) is 17.8. The monoisotopic (exact) mass is 542 g/mol. The minimum atomic E-state index is 1.07. The highest BCUT2D eigenvalue weighted by molar-refractivity contribution is 9.10. The van der Waals surface area contributed by atoms with Crippen LogP contribution in [0.15, 0.2) is 106 Å². The van der Waals surface area contributed by atoms with Gasteiger partial charge in [0, 0.05) is 8.95 Å². The second-order valence-electron chi connectivity index (χ2n) is 8.47. The quantitative estimate of drug-likeness (QED) is 0.200. The number of aryl methyl sites for hydroxylation is 4. The zero-order valence-corrected chi connectivity index (χ0v) is 21.0. The van der Waals surface area contributed by atoms with E-state index in [4.69, 9.17) is 0 Å². The highest BCUT2D eigenvalue weighted by Gasteiger charge is 2.03. The van der Waals surface area contributed by atoms with Crippen LogP contribution in [0, 0.1) is 0 Å². The lowest BCUT2D eigenvalue weighted by Crippen LogP contribution is -1.95. The molecule has 0 unspecified atom stereocenters. The van der Waals surface area contributed by atoms with Gasteiger partial charge in [-0.25, -0.2) is 0 Å². The number of benzene rings is 5. The SMILES string of the molecule is Brc1ccc2cc(CCc3cccc(CCc4ccc5cc(Br)ccc5c4)c3)ccc2c1. The average Bonchev–Trinajstić information content (AvgIpc) is 2.81. The molecular weight excluding hydrogens is 520 g/mol. The fourth-order valence-electron chi connectivity index (χ4n) is 4.36. The molecule has 0 nitrogen and oxygen atoms in total. The molecule has 0 aliphatic rings. The van der Waals surface area contributed by atoms with Crippen LogP contribution in [0.25, 0.3) is 21.5 Å². The van der Waals surface area contributed by atoms with E-state index in [-0.39, 0.29) is 0 Å². The molecule has 0 N–H and O–H groups in total. The van der Waals surface area contributed by atoms with Crippen LogP contribution in [-0.2, 0) is 25.7 Å². The van der Waals surface area contributed by atoms with Crippen LogP contribution in [-0.4, -0.2) is 0 Å². The van der Waals surface area contributed by atoms with Crippen molar-refractivity contribution in [3.8, 4) is 0 Å². The Balaban J connectivity index is 1.23. The molecule has 0 bridgehead atoms. The molecule has 32 heavy (non-hydrogen) atoms. The smallest absolute Gasteiger partial charge is 0.0181 e. The van der Waals surface area contributed by atoms with Gasteiger partial charge in [0.2, 0.25) is 0 Å². The summed E-state index contributed by atoms with van der Waals surface area (Å²) in [5.41, 5.74) is 5.63. The summed E-state index contributed by atoms with van der Waals surface area (Å²) in [6.07, 6.45) is 4.27. The highest BCUT2D eigenvalue weighted by atomic mass is 79.9. The van der Waals surface area contributed by atoms with Gasteiger partial charge in [0.05, 0.1) is 0 Å². The van der Waals surface area contributed by atoms with E-state index in [9.17, 15) is 0 Å². The van der Waals surface area contributed by atoms with Crippen molar-refractivity contribution in [2.24, 2.45) is 0 Å². The normalized spacial score (nSPS) is 11.3. The third-order valence-electron chi connectivity index (χ3n) is 6.13. The van der Waals surface area contributed by atoms with E-state index in [2.05, 4.69) is 129 Å². The van der Waals surface area contributed by atoms with Crippen LogP contribution in [0.2, 0.25) is 0 Å². The van der Waals surface area contributed by atoms with Crippen LogP contribution in [0.1, 0.15) is 22.3 Å². The fourth-order valence-corrected chi connectivity index (χ4v) is 5.12. The highest BCUT2D eigenvalue weighted by Crippen LogP contribution is 2.23. The number of halogens is 2. The summed E-state index contributed by atoms with van der Waals surface area (Å²) in [4.78, 5) is 0. The summed E-state index contributed by atoms with van der Waals surface area (Å²) in [6, 6.07) is 35.7. The Morgan fingerprint density at radius 3 is 1.22 bits per heavy atom. The molecule has 0 atom stereocenters. The molecule has 0 aromatic heterocycles. The summed E-state index contributed by atoms with van der Waals surface area (Å²) < 4.78 is 2.26. The third-order valence-corrected chi connectivity index (χ3v) is 7.12. The van der Waals surface area contributed by atoms with Crippen molar-refractivity contribution in [3.63, 3.8) is 0 Å². The maximum atomic E-state index is 3.56. The Morgan fingerprint density at radius 2 is 0.750 bits per heavy atom. The van der Waals surface area contributed by atoms with E-state index in [1.54, 1.807) is 0 Å². The molecule has 2 heteroatoms. The number of hydrogen-bond acceptors (Lipinski definition) is 0. The molecule has 0 amide bonds. The van der Waals surface area contributed by atoms with Gasteiger partial charge in [-0.05, 0) is 93.7 Å². The van der Waals surface area contributed by atoms with Gasteiger partial charge in [0.1, 0.15) is 0 Å². The minimum absolute atomic E-state index is 1.07. The Kier molecular flexibility index (Phi) is 6.43. The second-order valence-corrected chi connectivity index (χ2v) is 10.3. The molecule has 5 aromatic rings. The van der Waals surface area contributed by atoms with Gasteiger partial charge in [0.15, 0.2) is 0 Å². The van der Waals surface area contributed by atoms with Crippen LogP contribution in [0.5, 0.6) is 0 Å². The Bertz CT molecular complexity index is 1300. The van der Waals surface area contributed by atoms with Crippen molar-refractivity contribution < 1.29 is 0 Å². The van der Waals surface area contributed by atoms with Gasteiger partial charge in [0.25, 0.3) is 0 Å². The maximum absolute atomic E-state index is 3.56. The summed E-state index contributed by atoms with van der Waals surface area (Å²) in [7, 11) is 0. The summed E-state index contributed by atoms with van der Waals surface area (Å²) >= 11 is 7.12. The molecule has 0 radical (unpaired) electrons. The maximum Gasteiger partial charge on any atom is 0.0181 e. The van der Waals surface area contributed by atoms with Crippen molar-refractivity contribution >= 4 is 53.4 Å². The molecule has 0 fully saturated rings. The molecule has 5 rings (SSSR count). The van der Waals surface area contributed by atoms with Crippen molar-refractivity contribution in [2.45, 2.75) is 25.7 Å². The lowest BCUT2D eigenvalue weighted by atomic mass is 9.97. The first-order valence-corrected chi connectivity index (χ1v) is 12.7. The van der Waals surface area contributed by atoms with Crippen molar-refractivity contribution in [1.82, 2.24) is 0 Å². The summed E-state index contributed by atoms with van der Waals surface area (Å²) in [5, 5.41) is 5.18. The zero-order chi connectivity index (χ0) is 21.9. The van der Waals surface area contributed by atoms with Crippen LogP contribution >= 0.6 is 31.9 Å². The summed E-state index contributed by atoms with van der Waals surface area (Å²) in [6.45, 7) is 0. The van der Waals surface area contributed by atoms with Crippen molar-refractivity contribution in [3.05, 3.63) is 128 Å². The van der Waals surface area contributed by atoms with Crippen LogP contribution < -0.4 is 0 Å². The Hall–Kier alpha value is -2.42. The first-order valence-electron chi connectivity index (χ1n) is 11.1. The van der Waals surface area contributed by atoms with Gasteiger partial charge in [-0.3, -0.25) is 0 Å². The number of hydrogen-bond donors (Lipinski definition) is 0. The second kappa shape index (κ2) is 9.60. The van der Waals surface area contributed by atoms with Crippen LogP contribution in [0.4, 0.5) is 0 Å². The lowest BCUT2D eigenvalue weighted by molar-refractivity contribution is 0.932. The van der Waals surface area contributed by atoms with E-state index >= 15 is 0 Å². The minimum Gasteiger partial charge on any atom is -0.0617 e.